The van der Waals surface area contributed by atoms with Crippen LogP contribution < -0.4 is 10.6 Å². The molecular formula is C13H16N4O. The summed E-state index contributed by atoms with van der Waals surface area (Å²) in [6, 6.07) is 9.38. The molecule has 5 heteroatoms. The van der Waals surface area contributed by atoms with Gasteiger partial charge in [-0.15, -0.1) is 5.10 Å². The molecule has 0 spiro atoms. The van der Waals surface area contributed by atoms with E-state index < -0.39 is 0 Å². The summed E-state index contributed by atoms with van der Waals surface area (Å²) in [5.41, 5.74) is 2.81. The maximum Gasteiger partial charge on any atom is 0.315 e. The minimum atomic E-state index is 0.352. The Hall–Kier alpha value is -1.88. The zero-order valence-electron chi connectivity index (χ0n) is 10.3. The highest BCUT2D eigenvalue weighted by Crippen LogP contribution is 2.23. The number of hydrogen-bond donors (Lipinski definition) is 2. The molecule has 0 saturated carbocycles. The molecule has 3 rings (SSSR count). The minimum absolute atomic E-state index is 0.352. The van der Waals surface area contributed by atoms with Crippen molar-refractivity contribution in [2.75, 3.05) is 12.4 Å². The Morgan fingerprint density at radius 1 is 1.22 bits per heavy atom. The lowest BCUT2D eigenvalue weighted by Crippen LogP contribution is -2.19. The van der Waals surface area contributed by atoms with Crippen LogP contribution in [0.4, 0.5) is 6.01 Å². The Labute approximate surface area is 106 Å². The number of anilines is 1. The lowest BCUT2D eigenvalue weighted by Gasteiger charge is -2.08. The number of benzene rings is 1. The average Bonchev–Trinajstić information content (AvgIpc) is 2.96. The first kappa shape index (κ1) is 11.2. The molecule has 0 atom stereocenters. The quantitative estimate of drug-likeness (QED) is 0.850. The first-order valence-electron chi connectivity index (χ1n) is 6.15. The number of nitrogens with zero attached hydrogens (tertiary/aromatic N) is 2. The fraction of sp³-hybridized carbons (Fsp3) is 0.385. The van der Waals surface area contributed by atoms with E-state index in [0.29, 0.717) is 24.5 Å². The van der Waals surface area contributed by atoms with Gasteiger partial charge in [-0.25, -0.2) is 0 Å². The molecule has 0 unspecified atom stereocenters. The van der Waals surface area contributed by atoms with Crippen LogP contribution in [0.1, 0.15) is 17.0 Å². The van der Waals surface area contributed by atoms with Crippen molar-refractivity contribution in [1.82, 2.24) is 15.5 Å². The van der Waals surface area contributed by atoms with Gasteiger partial charge in [0.2, 0.25) is 5.89 Å². The molecule has 1 aromatic heterocycles. The average molecular weight is 244 g/mol. The van der Waals surface area contributed by atoms with Gasteiger partial charge in [-0.2, -0.15) is 0 Å². The summed E-state index contributed by atoms with van der Waals surface area (Å²) in [6.07, 6.45) is 2.03. The van der Waals surface area contributed by atoms with Gasteiger partial charge in [0, 0.05) is 6.04 Å². The third-order valence-corrected chi connectivity index (χ3v) is 3.17. The van der Waals surface area contributed by atoms with Crippen LogP contribution in [0.15, 0.2) is 28.7 Å². The molecule has 0 aliphatic heterocycles. The lowest BCUT2D eigenvalue weighted by molar-refractivity contribution is 0.484. The van der Waals surface area contributed by atoms with Crippen LogP contribution in [-0.2, 0) is 19.4 Å². The predicted octanol–water partition coefficient (Wildman–Crippen LogP) is 1.37. The van der Waals surface area contributed by atoms with E-state index in [4.69, 9.17) is 4.42 Å². The van der Waals surface area contributed by atoms with Crippen molar-refractivity contribution in [1.29, 1.82) is 0 Å². The van der Waals surface area contributed by atoms with Crippen molar-refractivity contribution in [2.45, 2.75) is 25.4 Å². The minimum Gasteiger partial charge on any atom is -0.407 e. The van der Waals surface area contributed by atoms with Crippen LogP contribution in [0.2, 0.25) is 0 Å². The Morgan fingerprint density at radius 2 is 1.94 bits per heavy atom. The Balaban J connectivity index is 1.65. The van der Waals surface area contributed by atoms with Gasteiger partial charge >= 0.3 is 6.01 Å². The standard InChI is InChI=1S/C13H16N4O/c1-14-8-12-16-17-13(18-12)15-11-6-9-4-2-3-5-10(9)7-11/h2-5,11,14H,6-8H2,1H3,(H,15,17). The Kier molecular flexibility index (Phi) is 2.98. The summed E-state index contributed by atoms with van der Waals surface area (Å²) in [7, 11) is 1.85. The third-order valence-electron chi connectivity index (χ3n) is 3.17. The van der Waals surface area contributed by atoms with E-state index in [9.17, 15) is 0 Å². The number of aromatic nitrogens is 2. The molecule has 2 aromatic rings. The molecule has 1 aromatic carbocycles. The Morgan fingerprint density at radius 3 is 2.61 bits per heavy atom. The second-order valence-electron chi connectivity index (χ2n) is 4.55. The van der Waals surface area contributed by atoms with Crippen LogP contribution in [0.5, 0.6) is 0 Å². The van der Waals surface area contributed by atoms with Crippen molar-refractivity contribution in [3.8, 4) is 0 Å². The van der Waals surface area contributed by atoms with Crippen LogP contribution >= 0.6 is 0 Å². The van der Waals surface area contributed by atoms with Crippen LogP contribution in [-0.4, -0.2) is 23.3 Å². The van der Waals surface area contributed by atoms with E-state index in [2.05, 4.69) is 45.1 Å². The third kappa shape index (κ3) is 2.22. The number of nitrogens with one attached hydrogen (secondary N) is 2. The smallest absolute Gasteiger partial charge is 0.315 e. The summed E-state index contributed by atoms with van der Waals surface area (Å²) in [4.78, 5) is 0. The highest BCUT2D eigenvalue weighted by molar-refractivity contribution is 5.37. The van der Waals surface area contributed by atoms with Gasteiger partial charge in [0.1, 0.15) is 0 Å². The van der Waals surface area contributed by atoms with Crippen molar-refractivity contribution in [2.24, 2.45) is 0 Å². The molecule has 1 heterocycles. The van der Waals surface area contributed by atoms with Gasteiger partial charge in [0.25, 0.3) is 0 Å². The van der Waals surface area contributed by atoms with E-state index in [1.54, 1.807) is 0 Å². The first-order valence-corrected chi connectivity index (χ1v) is 6.15. The molecular weight excluding hydrogens is 228 g/mol. The second kappa shape index (κ2) is 4.78. The van der Waals surface area contributed by atoms with Gasteiger partial charge < -0.3 is 15.1 Å². The van der Waals surface area contributed by atoms with Crippen LogP contribution in [0.25, 0.3) is 0 Å². The molecule has 5 nitrogen and oxygen atoms in total. The maximum atomic E-state index is 5.49. The first-order chi connectivity index (χ1) is 8.85. The van der Waals surface area contributed by atoms with Crippen molar-refractivity contribution in [3.05, 3.63) is 41.3 Å². The second-order valence-corrected chi connectivity index (χ2v) is 4.55. The molecule has 2 N–H and O–H groups in total. The molecule has 18 heavy (non-hydrogen) atoms. The SMILES string of the molecule is CNCc1nnc(NC2Cc3ccccc3C2)o1. The zero-order chi connectivity index (χ0) is 12.4. The summed E-state index contributed by atoms with van der Waals surface area (Å²) in [5, 5.41) is 14.2. The highest BCUT2D eigenvalue weighted by atomic mass is 16.4. The topological polar surface area (TPSA) is 63.0 Å². The zero-order valence-corrected chi connectivity index (χ0v) is 10.3. The summed E-state index contributed by atoms with van der Waals surface area (Å²) in [5.74, 6) is 0.607. The maximum absolute atomic E-state index is 5.49. The monoisotopic (exact) mass is 244 g/mol. The predicted molar refractivity (Wildman–Crippen MR) is 68.3 cm³/mol. The van der Waals surface area contributed by atoms with Gasteiger partial charge in [0.05, 0.1) is 6.54 Å². The summed E-state index contributed by atoms with van der Waals surface area (Å²) in [6.45, 7) is 0.597. The van der Waals surface area contributed by atoms with E-state index in [0.717, 1.165) is 12.8 Å². The highest BCUT2D eigenvalue weighted by Gasteiger charge is 2.22. The largest absolute Gasteiger partial charge is 0.407 e. The van der Waals surface area contributed by atoms with Gasteiger partial charge in [-0.3, -0.25) is 0 Å². The molecule has 0 saturated heterocycles. The molecule has 1 aliphatic rings. The Bertz CT molecular complexity index is 512. The fourth-order valence-corrected chi connectivity index (χ4v) is 2.37. The van der Waals surface area contributed by atoms with Crippen LogP contribution in [0, 0.1) is 0 Å². The summed E-state index contributed by atoms with van der Waals surface area (Å²) < 4.78 is 5.49. The molecule has 0 radical (unpaired) electrons. The van der Waals surface area contributed by atoms with Crippen molar-refractivity contribution < 1.29 is 4.42 Å². The van der Waals surface area contributed by atoms with E-state index in [-0.39, 0.29) is 0 Å². The van der Waals surface area contributed by atoms with E-state index >= 15 is 0 Å². The van der Waals surface area contributed by atoms with E-state index in [1.807, 2.05) is 7.05 Å². The molecule has 0 fully saturated rings. The number of fused-ring (bicyclic) bond motifs is 1. The molecule has 0 amide bonds. The van der Waals surface area contributed by atoms with Crippen LogP contribution in [0.3, 0.4) is 0 Å². The molecule has 94 valence electrons. The van der Waals surface area contributed by atoms with Crippen molar-refractivity contribution in [3.63, 3.8) is 0 Å². The molecule has 1 aliphatic carbocycles. The normalized spacial score (nSPS) is 14.7. The number of rotatable bonds is 4. The molecule has 0 bridgehead atoms. The number of hydrogen-bond acceptors (Lipinski definition) is 5. The van der Waals surface area contributed by atoms with Crippen molar-refractivity contribution >= 4 is 6.01 Å². The van der Waals surface area contributed by atoms with Gasteiger partial charge in [-0.1, -0.05) is 29.4 Å². The summed E-state index contributed by atoms with van der Waals surface area (Å²) >= 11 is 0. The van der Waals surface area contributed by atoms with Gasteiger partial charge in [0.15, 0.2) is 0 Å². The lowest BCUT2D eigenvalue weighted by atomic mass is 10.1. The fourth-order valence-electron chi connectivity index (χ4n) is 2.37. The van der Waals surface area contributed by atoms with Gasteiger partial charge in [-0.05, 0) is 31.0 Å². The van der Waals surface area contributed by atoms with E-state index in [1.165, 1.54) is 11.1 Å².